The molecule has 0 aromatic rings. The summed E-state index contributed by atoms with van der Waals surface area (Å²) in [6.45, 7) is 6.53. The Morgan fingerprint density at radius 3 is 0.870 bits per heavy atom. The second kappa shape index (κ2) is 58.2. The van der Waals surface area contributed by atoms with Crippen molar-refractivity contribution < 1.29 is 28.6 Å². The lowest BCUT2D eigenvalue weighted by molar-refractivity contribution is -0.167. The topological polar surface area (TPSA) is 78.9 Å². The molecule has 0 saturated heterocycles. The second-order valence-corrected chi connectivity index (χ2v) is 20.6. The number of rotatable bonds is 56. The van der Waals surface area contributed by atoms with Gasteiger partial charge < -0.3 is 14.2 Å². The van der Waals surface area contributed by atoms with Crippen LogP contribution in [0.4, 0.5) is 0 Å². The highest BCUT2D eigenvalue weighted by atomic mass is 16.6. The predicted molar refractivity (Wildman–Crippen MR) is 298 cm³/mol. The molecule has 0 bridgehead atoms. The molecule has 404 valence electrons. The lowest BCUT2D eigenvalue weighted by atomic mass is 10.0. The van der Waals surface area contributed by atoms with Crippen molar-refractivity contribution in [1.82, 2.24) is 0 Å². The van der Waals surface area contributed by atoms with E-state index < -0.39 is 6.10 Å². The van der Waals surface area contributed by atoms with Gasteiger partial charge in [-0.25, -0.2) is 0 Å². The molecule has 0 radical (unpaired) electrons. The number of esters is 3. The van der Waals surface area contributed by atoms with Crippen LogP contribution in [0, 0.1) is 0 Å². The number of carbonyl (C=O) groups excluding carboxylic acids is 3. The minimum Gasteiger partial charge on any atom is -0.462 e. The van der Waals surface area contributed by atoms with E-state index in [9.17, 15) is 14.4 Å². The van der Waals surface area contributed by atoms with Crippen molar-refractivity contribution in [2.75, 3.05) is 13.2 Å². The number of carbonyl (C=O) groups is 3. The van der Waals surface area contributed by atoms with Crippen LogP contribution in [0.5, 0.6) is 0 Å². The maximum Gasteiger partial charge on any atom is 0.306 e. The van der Waals surface area contributed by atoms with Crippen molar-refractivity contribution in [2.45, 2.75) is 335 Å². The first-order valence-corrected chi connectivity index (χ1v) is 30.5. The minimum atomic E-state index is -0.768. The average molecular weight is 970 g/mol. The summed E-state index contributed by atoms with van der Waals surface area (Å²) in [5.74, 6) is -0.880. The van der Waals surface area contributed by atoms with Crippen molar-refractivity contribution in [3.8, 4) is 0 Å². The Balaban J connectivity index is 3.81. The number of allylic oxidation sites excluding steroid dienone is 6. The Hall–Kier alpha value is -2.37. The highest BCUT2D eigenvalue weighted by molar-refractivity contribution is 5.71. The second-order valence-electron chi connectivity index (χ2n) is 20.6. The van der Waals surface area contributed by atoms with E-state index >= 15 is 0 Å². The van der Waals surface area contributed by atoms with E-state index in [0.717, 1.165) is 83.5 Å². The third-order valence-corrected chi connectivity index (χ3v) is 13.6. The van der Waals surface area contributed by atoms with Gasteiger partial charge in [0.15, 0.2) is 6.10 Å². The molecule has 6 nitrogen and oxygen atoms in total. The Kier molecular flexibility index (Phi) is 56.2. The fraction of sp³-hybridized carbons (Fsp3) is 0.857. The first-order chi connectivity index (χ1) is 34.0. The van der Waals surface area contributed by atoms with Gasteiger partial charge in [-0.3, -0.25) is 14.4 Å². The molecule has 0 fully saturated rings. The lowest BCUT2D eigenvalue weighted by Gasteiger charge is -2.18. The van der Waals surface area contributed by atoms with Crippen LogP contribution in [0.15, 0.2) is 36.5 Å². The molecule has 0 N–H and O–H groups in total. The molecule has 1 unspecified atom stereocenters. The van der Waals surface area contributed by atoms with Gasteiger partial charge in [-0.15, -0.1) is 0 Å². The molecule has 0 aliphatic carbocycles. The maximum absolute atomic E-state index is 12.7. The van der Waals surface area contributed by atoms with E-state index in [1.165, 1.54) is 205 Å². The van der Waals surface area contributed by atoms with E-state index in [-0.39, 0.29) is 31.1 Å². The van der Waals surface area contributed by atoms with Crippen LogP contribution in [0.1, 0.15) is 329 Å². The van der Waals surface area contributed by atoms with Crippen molar-refractivity contribution in [3.63, 3.8) is 0 Å². The first kappa shape index (κ1) is 66.6. The van der Waals surface area contributed by atoms with Crippen LogP contribution in [-0.4, -0.2) is 37.2 Å². The Morgan fingerprint density at radius 2 is 0.551 bits per heavy atom. The highest BCUT2D eigenvalue weighted by Crippen LogP contribution is 2.17. The number of ether oxygens (including phenoxy) is 3. The highest BCUT2D eigenvalue weighted by Gasteiger charge is 2.19. The number of unbranched alkanes of at least 4 members (excludes halogenated alkanes) is 39. The van der Waals surface area contributed by atoms with E-state index in [0.29, 0.717) is 19.3 Å². The van der Waals surface area contributed by atoms with E-state index in [1.807, 2.05) is 0 Å². The van der Waals surface area contributed by atoms with Gasteiger partial charge in [0.25, 0.3) is 0 Å². The summed E-state index contributed by atoms with van der Waals surface area (Å²) < 4.78 is 16.7. The molecule has 0 rings (SSSR count). The molecule has 0 saturated carbocycles. The van der Waals surface area contributed by atoms with Crippen LogP contribution < -0.4 is 0 Å². The van der Waals surface area contributed by atoms with E-state index in [4.69, 9.17) is 14.2 Å². The molecule has 0 aromatic carbocycles. The van der Waals surface area contributed by atoms with Crippen molar-refractivity contribution in [3.05, 3.63) is 36.5 Å². The Morgan fingerprint density at radius 1 is 0.290 bits per heavy atom. The average Bonchev–Trinajstić information content (AvgIpc) is 3.35. The van der Waals surface area contributed by atoms with Gasteiger partial charge >= 0.3 is 17.9 Å². The summed E-state index contributed by atoms with van der Waals surface area (Å²) in [5.41, 5.74) is 0. The van der Waals surface area contributed by atoms with E-state index in [2.05, 4.69) is 57.2 Å². The molecule has 0 amide bonds. The van der Waals surface area contributed by atoms with Crippen molar-refractivity contribution in [2.24, 2.45) is 0 Å². The van der Waals surface area contributed by atoms with E-state index in [1.54, 1.807) is 0 Å². The zero-order valence-electron chi connectivity index (χ0n) is 46.3. The summed E-state index contributed by atoms with van der Waals surface area (Å²) in [4.78, 5) is 37.7. The van der Waals surface area contributed by atoms with Gasteiger partial charge in [-0.1, -0.05) is 276 Å². The normalized spacial score (nSPS) is 12.2. The maximum atomic E-state index is 12.7. The van der Waals surface area contributed by atoms with Crippen LogP contribution in [-0.2, 0) is 28.6 Å². The molecule has 0 aliphatic heterocycles. The third-order valence-electron chi connectivity index (χ3n) is 13.6. The largest absolute Gasteiger partial charge is 0.462 e. The summed E-state index contributed by atoms with van der Waals surface area (Å²) in [6, 6.07) is 0. The monoisotopic (exact) mass is 969 g/mol. The van der Waals surface area contributed by atoms with Crippen LogP contribution in [0.2, 0.25) is 0 Å². The van der Waals surface area contributed by atoms with Crippen LogP contribution >= 0.6 is 0 Å². The van der Waals surface area contributed by atoms with Crippen LogP contribution in [0.25, 0.3) is 0 Å². The number of hydrogen-bond acceptors (Lipinski definition) is 6. The first-order valence-electron chi connectivity index (χ1n) is 30.5. The summed E-state index contributed by atoms with van der Waals surface area (Å²) >= 11 is 0. The Bertz CT molecular complexity index is 1160. The standard InChI is InChI=1S/C63H116O6/c1-4-7-10-13-16-18-20-21-22-23-24-25-26-27-28-29-30-31-32-33-34-35-36-37-38-39-40-41-42-43-44-46-47-50-53-56-62(65)68-59-60(58-67-61(64)55-52-49-15-12-9-6-3)69-63(66)57-54-51-48-45-19-17-14-11-8-5-2/h11,14,20-21,23-24,60H,4-10,12-13,15-19,22,25-59H2,1-3H3/b14-11-,21-20-,24-23-. The zero-order valence-corrected chi connectivity index (χ0v) is 46.3. The molecule has 0 spiro atoms. The zero-order chi connectivity index (χ0) is 50.0. The molecule has 0 heterocycles. The van der Waals surface area contributed by atoms with Gasteiger partial charge in [-0.05, 0) is 70.6 Å². The van der Waals surface area contributed by atoms with Gasteiger partial charge in [0.1, 0.15) is 13.2 Å². The third kappa shape index (κ3) is 56.4. The molecule has 1 atom stereocenters. The SMILES string of the molecule is CCC/C=C\CCCCCCCC(=O)OC(COC(=O)CCCCCCCC)COC(=O)CCCCCCCCCCCCCCCCCCCCCCCCC/C=C\C/C=C\CCCCCCC. The predicted octanol–water partition coefficient (Wildman–Crippen LogP) is 20.4. The fourth-order valence-corrected chi connectivity index (χ4v) is 9.01. The summed E-state index contributed by atoms with van der Waals surface area (Å²) in [6.07, 6.45) is 70.8. The quantitative estimate of drug-likeness (QED) is 0.0261. The molecular formula is C63H116O6. The van der Waals surface area contributed by atoms with Gasteiger partial charge in [0.2, 0.25) is 0 Å². The van der Waals surface area contributed by atoms with Gasteiger partial charge in [0, 0.05) is 19.3 Å². The summed E-state index contributed by atoms with van der Waals surface area (Å²) in [5, 5.41) is 0. The smallest absolute Gasteiger partial charge is 0.306 e. The summed E-state index contributed by atoms with van der Waals surface area (Å²) in [7, 11) is 0. The van der Waals surface area contributed by atoms with Crippen molar-refractivity contribution >= 4 is 17.9 Å². The molecule has 69 heavy (non-hydrogen) atoms. The lowest BCUT2D eigenvalue weighted by Crippen LogP contribution is -2.30. The van der Waals surface area contributed by atoms with Gasteiger partial charge in [-0.2, -0.15) is 0 Å². The molecule has 0 aromatic heterocycles. The van der Waals surface area contributed by atoms with Gasteiger partial charge in [0.05, 0.1) is 0 Å². The number of hydrogen-bond donors (Lipinski definition) is 0. The molecule has 0 aliphatic rings. The Labute approximate surface area is 429 Å². The van der Waals surface area contributed by atoms with Crippen LogP contribution in [0.3, 0.4) is 0 Å². The molecule has 6 heteroatoms. The fourth-order valence-electron chi connectivity index (χ4n) is 9.01. The van der Waals surface area contributed by atoms with Crippen molar-refractivity contribution in [1.29, 1.82) is 0 Å². The molecular weight excluding hydrogens is 853 g/mol. The minimum absolute atomic E-state index is 0.0714.